The van der Waals surface area contributed by atoms with Gasteiger partial charge in [0.2, 0.25) is 0 Å². The molecule has 0 bridgehead atoms. The standard InChI is InChI=1S/C29H27BN2O2/c1-28(2)29(3,4)34-30(33-28)22-17-21(20-11-6-5-7-12-20)18-23(19-22)32-26-15-9-8-13-24(26)25-14-10-16-31-27(25)32/h5-19H,1-4H3. The van der Waals surface area contributed by atoms with Gasteiger partial charge >= 0.3 is 7.12 Å². The van der Waals surface area contributed by atoms with Crippen molar-refractivity contribution in [2.45, 2.75) is 38.9 Å². The molecule has 0 saturated carbocycles. The highest BCUT2D eigenvalue weighted by Gasteiger charge is 2.51. The van der Waals surface area contributed by atoms with Crippen LogP contribution >= 0.6 is 0 Å². The van der Waals surface area contributed by atoms with Crippen molar-refractivity contribution in [2.24, 2.45) is 0 Å². The van der Waals surface area contributed by atoms with Gasteiger partial charge in [-0.25, -0.2) is 4.98 Å². The summed E-state index contributed by atoms with van der Waals surface area (Å²) in [6.45, 7) is 8.36. The number of nitrogens with zero attached hydrogens (tertiary/aromatic N) is 2. The Morgan fingerprint density at radius 2 is 1.38 bits per heavy atom. The van der Waals surface area contributed by atoms with Gasteiger partial charge in [-0.05, 0) is 74.6 Å². The summed E-state index contributed by atoms with van der Waals surface area (Å²) in [5.74, 6) is 0. The molecule has 5 aromatic rings. The minimum atomic E-state index is -0.450. The maximum Gasteiger partial charge on any atom is 0.494 e. The van der Waals surface area contributed by atoms with E-state index in [2.05, 4.69) is 105 Å². The number of aromatic nitrogens is 2. The van der Waals surface area contributed by atoms with Crippen molar-refractivity contribution < 1.29 is 9.31 Å². The molecule has 168 valence electrons. The molecule has 1 fully saturated rings. The van der Waals surface area contributed by atoms with Crippen molar-refractivity contribution in [1.29, 1.82) is 0 Å². The first-order chi connectivity index (χ1) is 16.3. The highest BCUT2D eigenvalue weighted by atomic mass is 16.7. The van der Waals surface area contributed by atoms with Crippen molar-refractivity contribution in [2.75, 3.05) is 0 Å². The van der Waals surface area contributed by atoms with E-state index >= 15 is 0 Å². The second kappa shape index (κ2) is 7.56. The number of hydrogen-bond donors (Lipinski definition) is 0. The van der Waals surface area contributed by atoms with Crippen LogP contribution in [0.15, 0.2) is 91.1 Å². The SMILES string of the molecule is CC1(C)OB(c2cc(-c3ccccc3)cc(-n3c4ccccc4c4cccnc43)c2)OC1(C)C. The Hall–Kier alpha value is -3.41. The fraction of sp³-hybridized carbons (Fsp3) is 0.207. The van der Waals surface area contributed by atoms with Gasteiger partial charge in [0.25, 0.3) is 0 Å². The van der Waals surface area contributed by atoms with E-state index in [4.69, 9.17) is 14.3 Å². The predicted molar refractivity (Wildman–Crippen MR) is 140 cm³/mol. The predicted octanol–water partition coefficient (Wildman–Crippen LogP) is 6.14. The van der Waals surface area contributed by atoms with Crippen LogP contribution in [0.4, 0.5) is 0 Å². The van der Waals surface area contributed by atoms with Crippen molar-refractivity contribution in [1.82, 2.24) is 9.55 Å². The fourth-order valence-electron chi connectivity index (χ4n) is 4.73. The fourth-order valence-corrected chi connectivity index (χ4v) is 4.73. The number of hydrogen-bond acceptors (Lipinski definition) is 3. The Balaban J connectivity index is 1.61. The molecule has 0 spiro atoms. The molecule has 3 heterocycles. The van der Waals surface area contributed by atoms with Gasteiger partial charge in [-0.3, -0.25) is 4.57 Å². The van der Waals surface area contributed by atoms with Crippen LogP contribution in [0.3, 0.4) is 0 Å². The van der Waals surface area contributed by atoms with E-state index in [9.17, 15) is 0 Å². The number of benzene rings is 3. The molecule has 0 radical (unpaired) electrons. The summed E-state index contributed by atoms with van der Waals surface area (Å²) in [6.07, 6.45) is 1.86. The lowest BCUT2D eigenvalue weighted by molar-refractivity contribution is 0.00578. The molecule has 0 aliphatic carbocycles. The second-order valence-corrected chi connectivity index (χ2v) is 9.99. The molecule has 2 aromatic heterocycles. The molecule has 34 heavy (non-hydrogen) atoms. The molecule has 3 aromatic carbocycles. The molecule has 5 heteroatoms. The third-order valence-electron chi connectivity index (χ3n) is 7.26. The number of para-hydroxylation sites is 1. The monoisotopic (exact) mass is 446 g/mol. The summed E-state index contributed by atoms with van der Waals surface area (Å²) >= 11 is 0. The van der Waals surface area contributed by atoms with Gasteiger partial charge in [-0.2, -0.15) is 0 Å². The minimum Gasteiger partial charge on any atom is -0.399 e. The van der Waals surface area contributed by atoms with Gasteiger partial charge < -0.3 is 9.31 Å². The van der Waals surface area contributed by atoms with Crippen molar-refractivity contribution >= 4 is 34.5 Å². The summed E-state index contributed by atoms with van der Waals surface area (Å²) in [6, 6.07) is 29.6. The first-order valence-corrected chi connectivity index (χ1v) is 11.7. The van der Waals surface area contributed by atoms with Crippen LogP contribution in [0, 0.1) is 0 Å². The largest absolute Gasteiger partial charge is 0.494 e. The molecule has 0 amide bonds. The quantitative estimate of drug-likeness (QED) is 0.312. The molecule has 1 aliphatic rings. The zero-order valence-electron chi connectivity index (χ0n) is 19.9. The second-order valence-electron chi connectivity index (χ2n) is 9.99. The van der Waals surface area contributed by atoms with E-state index in [0.717, 1.165) is 38.8 Å². The number of fused-ring (bicyclic) bond motifs is 3. The number of pyridine rings is 1. The Labute approximate surface area is 200 Å². The summed E-state index contributed by atoms with van der Waals surface area (Å²) < 4.78 is 15.1. The zero-order chi connectivity index (χ0) is 23.5. The minimum absolute atomic E-state index is 0.408. The van der Waals surface area contributed by atoms with Crippen LogP contribution in [0.5, 0.6) is 0 Å². The lowest BCUT2D eigenvalue weighted by Gasteiger charge is -2.32. The first kappa shape index (κ1) is 21.1. The third-order valence-corrected chi connectivity index (χ3v) is 7.26. The van der Waals surface area contributed by atoms with Crippen LogP contribution in [0.1, 0.15) is 27.7 Å². The van der Waals surface area contributed by atoms with Crippen LogP contribution in [-0.4, -0.2) is 27.9 Å². The molecular formula is C29H27BN2O2. The normalized spacial score (nSPS) is 17.0. The summed E-state index contributed by atoms with van der Waals surface area (Å²) in [5.41, 5.74) is 5.55. The van der Waals surface area contributed by atoms with Gasteiger partial charge in [-0.1, -0.05) is 54.6 Å². The number of rotatable bonds is 3. The van der Waals surface area contributed by atoms with Crippen LogP contribution in [0.2, 0.25) is 0 Å². The summed E-state index contributed by atoms with van der Waals surface area (Å²) in [7, 11) is -0.450. The average Bonchev–Trinajstić information content (AvgIpc) is 3.29. The summed E-state index contributed by atoms with van der Waals surface area (Å²) in [5, 5.41) is 2.33. The van der Waals surface area contributed by atoms with Crippen molar-refractivity contribution in [3.8, 4) is 16.8 Å². The maximum absolute atomic E-state index is 6.44. The van der Waals surface area contributed by atoms with E-state index in [1.165, 1.54) is 5.39 Å². The van der Waals surface area contributed by atoms with Gasteiger partial charge in [0.05, 0.1) is 16.7 Å². The Bertz CT molecular complexity index is 1450. The average molecular weight is 446 g/mol. The van der Waals surface area contributed by atoms with Crippen molar-refractivity contribution in [3.05, 3.63) is 91.1 Å². The van der Waals surface area contributed by atoms with Gasteiger partial charge in [0.1, 0.15) is 5.65 Å². The topological polar surface area (TPSA) is 36.3 Å². The smallest absolute Gasteiger partial charge is 0.399 e. The Morgan fingerprint density at radius 1 is 0.706 bits per heavy atom. The molecule has 0 unspecified atom stereocenters. The van der Waals surface area contributed by atoms with Gasteiger partial charge in [-0.15, -0.1) is 0 Å². The zero-order valence-corrected chi connectivity index (χ0v) is 19.9. The molecule has 4 nitrogen and oxygen atoms in total. The van der Waals surface area contributed by atoms with E-state index < -0.39 is 18.3 Å². The van der Waals surface area contributed by atoms with Gasteiger partial charge in [0.15, 0.2) is 0 Å². The maximum atomic E-state index is 6.44. The Morgan fingerprint density at radius 3 is 2.15 bits per heavy atom. The highest BCUT2D eigenvalue weighted by Crippen LogP contribution is 2.37. The Kier molecular flexibility index (Phi) is 4.70. The van der Waals surface area contributed by atoms with E-state index in [0.29, 0.717) is 0 Å². The highest BCUT2D eigenvalue weighted by molar-refractivity contribution is 6.62. The molecule has 6 rings (SSSR count). The van der Waals surface area contributed by atoms with Crippen LogP contribution < -0.4 is 5.46 Å². The van der Waals surface area contributed by atoms with Crippen LogP contribution in [0.25, 0.3) is 38.8 Å². The van der Waals surface area contributed by atoms with E-state index in [1.54, 1.807) is 0 Å². The first-order valence-electron chi connectivity index (χ1n) is 11.7. The molecule has 0 atom stereocenters. The van der Waals surface area contributed by atoms with Crippen molar-refractivity contribution in [3.63, 3.8) is 0 Å². The molecule has 1 saturated heterocycles. The van der Waals surface area contributed by atoms with E-state index in [1.807, 2.05) is 18.3 Å². The van der Waals surface area contributed by atoms with Crippen LogP contribution in [-0.2, 0) is 9.31 Å². The molecule has 1 aliphatic heterocycles. The van der Waals surface area contributed by atoms with E-state index in [-0.39, 0.29) is 0 Å². The lowest BCUT2D eigenvalue weighted by Crippen LogP contribution is -2.41. The molecular weight excluding hydrogens is 419 g/mol. The molecule has 0 N–H and O–H groups in total. The van der Waals surface area contributed by atoms with Gasteiger partial charge in [0, 0.05) is 22.7 Å². The summed E-state index contributed by atoms with van der Waals surface area (Å²) in [4.78, 5) is 4.77. The third kappa shape index (κ3) is 3.27. The lowest BCUT2D eigenvalue weighted by atomic mass is 9.77.